The Bertz CT molecular complexity index is 266. The number of hydrogen-bond acceptors (Lipinski definition) is 1. The zero-order chi connectivity index (χ0) is 8.97. The summed E-state index contributed by atoms with van der Waals surface area (Å²) in [6, 6.07) is 3.59. The monoisotopic (exact) mass is 165 g/mol. The number of rotatable bonds is 2. The Morgan fingerprint density at radius 1 is 1.50 bits per heavy atom. The molecule has 0 atom stereocenters. The molecule has 0 unspecified atom stereocenters. The molecule has 1 rings (SSSR count). The fraction of sp³-hybridized carbons (Fsp3) is 0.333. The average molecular weight is 165 g/mol. The molecule has 12 heavy (non-hydrogen) atoms. The Morgan fingerprint density at radius 2 is 2.08 bits per heavy atom. The molecular formula is C9H13N2O+. The van der Waals surface area contributed by atoms with Gasteiger partial charge in [0.2, 0.25) is 0 Å². The summed E-state index contributed by atoms with van der Waals surface area (Å²) < 4.78 is 1.89. The summed E-state index contributed by atoms with van der Waals surface area (Å²) in [5.74, 6) is -0.0156. The van der Waals surface area contributed by atoms with Gasteiger partial charge in [0.15, 0.2) is 12.4 Å². The average Bonchev–Trinajstić information content (AvgIpc) is 2.06. The number of carbonyl (C=O) groups is 1. The summed E-state index contributed by atoms with van der Waals surface area (Å²) in [6.45, 7) is 2.57. The zero-order valence-electron chi connectivity index (χ0n) is 7.37. The van der Waals surface area contributed by atoms with Crippen LogP contribution in [0.4, 0.5) is 0 Å². The molecule has 0 radical (unpaired) electrons. The van der Waals surface area contributed by atoms with E-state index in [1.54, 1.807) is 12.1 Å². The minimum atomic E-state index is -0.0156. The molecule has 1 aromatic rings. The van der Waals surface area contributed by atoms with Crippen LogP contribution in [-0.2, 0) is 7.05 Å². The Hall–Kier alpha value is -1.38. The van der Waals surface area contributed by atoms with Gasteiger partial charge in [0.25, 0.3) is 5.91 Å². The number of amides is 1. The maximum Gasteiger partial charge on any atom is 0.251 e. The van der Waals surface area contributed by atoms with Gasteiger partial charge in [0.05, 0.1) is 5.56 Å². The summed E-state index contributed by atoms with van der Waals surface area (Å²) in [7, 11) is 1.92. The van der Waals surface area contributed by atoms with Gasteiger partial charge in [0, 0.05) is 18.7 Å². The molecule has 1 heterocycles. The van der Waals surface area contributed by atoms with Crippen LogP contribution in [0.15, 0.2) is 24.5 Å². The van der Waals surface area contributed by atoms with Crippen molar-refractivity contribution in [3.63, 3.8) is 0 Å². The predicted octanol–water partition coefficient (Wildman–Crippen LogP) is 0.261. The largest absolute Gasteiger partial charge is 0.352 e. The lowest BCUT2D eigenvalue weighted by Gasteiger charge is -1.99. The highest BCUT2D eigenvalue weighted by Crippen LogP contribution is 1.93. The van der Waals surface area contributed by atoms with Gasteiger partial charge in [-0.25, -0.2) is 4.57 Å². The highest BCUT2D eigenvalue weighted by molar-refractivity contribution is 5.93. The molecule has 0 bridgehead atoms. The van der Waals surface area contributed by atoms with E-state index < -0.39 is 0 Å². The van der Waals surface area contributed by atoms with E-state index >= 15 is 0 Å². The first-order valence-electron chi connectivity index (χ1n) is 3.97. The minimum absolute atomic E-state index is 0.0156. The first-order chi connectivity index (χ1) is 5.74. The second kappa shape index (κ2) is 3.85. The molecule has 0 spiro atoms. The Labute approximate surface area is 72.0 Å². The van der Waals surface area contributed by atoms with Crippen LogP contribution in [0.25, 0.3) is 0 Å². The van der Waals surface area contributed by atoms with Gasteiger partial charge >= 0.3 is 0 Å². The smallest absolute Gasteiger partial charge is 0.251 e. The van der Waals surface area contributed by atoms with E-state index in [0.717, 1.165) is 0 Å². The van der Waals surface area contributed by atoms with Crippen molar-refractivity contribution < 1.29 is 9.36 Å². The molecule has 3 heteroatoms. The lowest BCUT2D eigenvalue weighted by Crippen LogP contribution is -2.28. The molecule has 0 aliphatic carbocycles. The molecule has 0 aliphatic heterocycles. The van der Waals surface area contributed by atoms with Crippen LogP contribution in [0.1, 0.15) is 17.3 Å². The zero-order valence-corrected chi connectivity index (χ0v) is 7.37. The van der Waals surface area contributed by atoms with Crippen LogP contribution in [-0.4, -0.2) is 12.5 Å². The molecule has 0 saturated heterocycles. The van der Waals surface area contributed by atoms with Crippen LogP contribution < -0.4 is 9.88 Å². The fourth-order valence-electron chi connectivity index (χ4n) is 0.915. The van der Waals surface area contributed by atoms with Gasteiger partial charge < -0.3 is 5.32 Å². The van der Waals surface area contributed by atoms with Gasteiger partial charge in [-0.05, 0) is 6.92 Å². The summed E-state index contributed by atoms with van der Waals surface area (Å²) >= 11 is 0. The third kappa shape index (κ3) is 2.05. The lowest BCUT2D eigenvalue weighted by molar-refractivity contribution is -0.671. The van der Waals surface area contributed by atoms with E-state index in [0.29, 0.717) is 12.1 Å². The standard InChI is InChI=1S/C9H12N2O/c1-3-10-9(12)8-4-6-11(2)7-5-8/h4-7H,3H2,1-2H3/p+1. The first-order valence-corrected chi connectivity index (χ1v) is 3.97. The maximum atomic E-state index is 11.2. The van der Waals surface area contributed by atoms with E-state index in [4.69, 9.17) is 0 Å². The van der Waals surface area contributed by atoms with Gasteiger partial charge in [-0.3, -0.25) is 4.79 Å². The van der Waals surface area contributed by atoms with Gasteiger partial charge in [-0.1, -0.05) is 0 Å². The molecule has 3 nitrogen and oxygen atoms in total. The molecule has 0 aliphatic rings. The first kappa shape index (κ1) is 8.71. The quantitative estimate of drug-likeness (QED) is 0.626. The molecular weight excluding hydrogens is 152 g/mol. The highest BCUT2D eigenvalue weighted by atomic mass is 16.1. The van der Waals surface area contributed by atoms with Crippen molar-refractivity contribution in [3.8, 4) is 0 Å². The summed E-state index contributed by atoms with van der Waals surface area (Å²) in [4.78, 5) is 11.2. The number of nitrogens with zero attached hydrogens (tertiary/aromatic N) is 1. The highest BCUT2D eigenvalue weighted by Gasteiger charge is 2.03. The molecule has 1 N–H and O–H groups in total. The van der Waals surface area contributed by atoms with Crippen LogP contribution >= 0.6 is 0 Å². The van der Waals surface area contributed by atoms with Crippen molar-refractivity contribution in [1.82, 2.24) is 5.32 Å². The molecule has 0 aromatic carbocycles. The lowest BCUT2D eigenvalue weighted by atomic mass is 10.2. The number of aryl methyl sites for hydroxylation is 1. The number of nitrogens with one attached hydrogen (secondary N) is 1. The predicted molar refractivity (Wildman–Crippen MR) is 45.6 cm³/mol. The summed E-state index contributed by atoms with van der Waals surface area (Å²) in [5.41, 5.74) is 0.704. The topological polar surface area (TPSA) is 33.0 Å². The third-order valence-electron chi connectivity index (χ3n) is 1.58. The number of pyridine rings is 1. The van der Waals surface area contributed by atoms with Gasteiger partial charge in [-0.2, -0.15) is 0 Å². The van der Waals surface area contributed by atoms with Crippen molar-refractivity contribution in [2.24, 2.45) is 7.05 Å². The number of carbonyl (C=O) groups excluding carboxylic acids is 1. The summed E-state index contributed by atoms with van der Waals surface area (Å²) in [5, 5.41) is 2.73. The second-order valence-corrected chi connectivity index (χ2v) is 2.61. The van der Waals surface area contributed by atoms with E-state index in [9.17, 15) is 4.79 Å². The molecule has 1 amide bonds. The molecule has 64 valence electrons. The molecule has 1 aromatic heterocycles. The minimum Gasteiger partial charge on any atom is -0.352 e. The van der Waals surface area contributed by atoms with Gasteiger partial charge in [-0.15, -0.1) is 0 Å². The van der Waals surface area contributed by atoms with Gasteiger partial charge in [0.1, 0.15) is 7.05 Å². The van der Waals surface area contributed by atoms with E-state index in [1.165, 1.54) is 0 Å². The third-order valence-corrected chi connectivity index (χ3v) is 1.58. The number of hydrogen-bond donors (Lipinski definition) is 1. The summed E-state index contributed by atoms with van der Waals surface area (Å²) in [6.07, 6.45) is 3.70. The number of aromatic nitrogens is 1. The Morgan fingerprint density at radius 3 is 2.58 bits per heavy atom. The molecule has 0 fully saturated rings. The Balaban J connectivity index is 2.75. The van der Waals surface area contributed by atoms with Crippen molar-refractivity contribution in [3.05, 3.63) is 30.1 Å². The molecule has 0 saturated carbocycles. The van der Waals surface area contributed by atoms with Crippen molar-refractivity contribution >= 4 is 5.91 Å². The van der Waals surface area contributed by atoms with Crippen LogP contribution in [0.3, 0.4) is 0 Å². The van der Waals surface area contributed by atoms with Crippen molar-refractivity contribution in [2.45, 2.75) is 6.92 Å². The van der Waals surface area contributed by atoms with Crippen LogP contribution in [0.5, 0.6) is 0 Å². The van der Waals surface area contributed by atoms with Crippen LogP contribution in [0, 0.1) is 0 Å². The second-order valence-electron chi connectivity index (χ2n) is 2.61. The SMILES string of the molecule is CCNC(=O)c1cc[n+](C)cc1. The van der Waals surface area contributed by atoms with E-state index in [1.807, 2.05) is 30.9 Å². The van der Waals surface area contributed by atoms with E-state index in [2.05, 4.69) is 5.32 Å². The van der Waals surface area contributed by atoms with Crippen molar-refractivity contribution in [1.29, 1.82) is 0 Å². The maximum absolute atomic E-state index is 11.2. The fourth-order valence-corrected chi connectivity index (χ4v) is 0.915. The Kier molecular flexibility index (Phi) is 2.80. The van der Waals surface area contributed by atoms with E-state index in [-0.39, 0.29) is 5.91 Å². The van der Waals surface area contributed by atoms with Crippen LogP contribution in [0.2, 0.25) is 0 Å². The van der Waals surface area contributed by atoms with Crippen molar-refractivity contribution in [2.75, 3.05) is 6.54 Å². The normalized spacial score (nSPS) is 9.50.